The van der Waals surface area contributed by atoms with E-state index < -0.39 is 69.3 Å². The first-order valence-electron chi connectivity index (χ1n) is 28.5. The number of alkyl carbamates (subject to hydrolysis) is 2. The van der Waals surface area contributed by atoms with Gasteiger partial charge in [0.05, 0.1) is 10.8 Å². The van der Waals surface area contributed by atoms with E-state index in [-0.39, 0.29) is 48.6 Å². The van der Waals surface area contributed by atoms with Gasteiger partial charge >= 0.3 is 12.2 Å². The zero-order valence-electron chi connectivity index (χ0n) is 47.7. The molecule has 8 atom stereocenters. The highest BCUT2D eigenvalue weighted by Gasteiger charge is 2.58. The number of fused-ring (bicyclic) bond motifs is 9. The SMILES string of the molecule is CC(C)[C@H](NC(=O)OC(C)(C)C)C(=O)N[C@@H](C)C(=O)Nc1ccc2c(c1)[C@@]1(C)CCC[C@](C)(C(=O)NC(=O)[C@@]3(C)CCC[C@]4(C)c5cc(NC(=O)CNC(=O)OCC6c7ccccc7-c7ccccc76)ccc5CC[C@@H]34)[C@@H]1CC2. The van der Waals surface area contributed by atoms with E-state index in [1.807, 2.05) is 68.4 Å². The summed E-state index contributed by atoms with van der Waals surface area (Å²) in [7, 11) is 0. The lowest BCUT2D eigenvalue weighted by Crippen LogP contribution is -2.60. The third-order valence-electron chi connectivity index (χ3n) is 18.6. The number of anilines is 2. The summed E-state index contributed by atoms with van der Waals surface area (Å²) in [5.74, 6) is -2.33. The minimum absolute atomic E-state index is 0.0728. The molecule has 0 aromatic heterocycles. The van der Waals surface area contributed by atoms with Gasteiger partial charge in [0.25, 0.3) is 0 Å². The van der Waals surface area contributed by atoms with E-state index in [4.69, 9.17) is 9.47 Å². The molecule has 0 bridgehead atoms. The van der Waals surface area contributed by atoms with Crippen LogP contribution in [0.2, 0.25) is 0 Å². The lowest BCUT2D eigenvalue weighted by Gasteiger charge is -2.56. The van der Waals surface area contributed by atoms with Crippen molar-refractivity contribution in [1.82, 2.24) is 21.3 Å². The Morgan fingerprint density at radius 1 is 0.620 bits per heavy atom. The monoisotopic (exact) mass is 1080 g/mol. The molecule has 0 heterocycles. The number of rotatable bonds is 13. The summed E-state index contributed by atoms with van der Waals surface area (Å²) in [5.41, 5.74) is 6.88. The molecule has 4 aromatic rings. The van der Waals surface area contributed by atoms with E-state index in [1.54, 1.807) is 41.5 Å². The fraction of sp³-hybridized carbons (Fsp3) is 0.516. The molecule has 79 heavy (non-hydrogen) atoms. The predicted octanol–water partition coefficient (Wildman–Crippen LogP) is 10.5. The minimum atomic E-state index is -0.926. The van der Waals surface area contributed by atoms with Crippen molar-refractivity contribution >= 4 is 53.1 Å². The van der Waals surface area contributed by atoms with Crippen LogP contribution in [0.5, 0.6) is 0 Å². The normalized spacial score (nSPS) is 25.5. The molecule has 4 aromatic carbocycles. The lowest BCUT2D eigenvalue weighted by molar-refractivity contribution is -0.150. The van der Waals surface area contributed by atoms with Crippen LogP contribution in [0.1, 0.15) is 160 Å². The van der Waals surface area contributed by atoms with E-state index in [9.17, 15) is 33.6 Å². The fourth-order valence-electron chi connectivity index (χ4n) is 14.6. The molecule has 2 saturated carbocycles. The van der Waals surface area contributed by atoms with Crippen molar-refractivity contribution in [2.24, 2.45) is 28.6 Å². The largest absolute Gasteiger partial charge is 0.449 e. The Morgan fingerprint density at radius 2 is 1.13 bits per heavy atom. The first-order chi connectivity index (χ1) is 37.3. The van der Waals surface area contributed by atoms with Crippen molar-refractivity contribution in [3.05, 3.63) is 118 Å². The summed E-state index contributed by atoms with van der Waals surface area (Å²) in [4.78, 5) is 95.7. The average Bonchev–Trinajstić information content (AvgIpc) is 3.93. The molecule has 0 spiro atoms. The van der Waals surface area contributed by atoms with Gasteiger partial charge in [-0.05, 0) is 176 Å². The van der Waals surface area contributed by atoms with Gasteiger partial charge in [0.15, 0.2) is 0 Å². The van der Waals surface area contributed by atoms with E-state index in [0.717, 1.165) is 90.3 Å². The maximum atomic E-state index is 14.9. The summed E-state index contributed by atoms with van der Waals surface area (Å²) < 4.78 is 11.0. The highest BCUT2D eigenvalue weighted by Crippen LogP contribution is 2.60. The maximum Gasteiger partial charge on any atom is 0.408 e. The third kappa shape index (κ3) is 11.2. The van der Waals surface area contributed by atoms with Crippen LogP contribution in [0.15, 0.2) is 84.9 Å². The molecule has 7 amide bonds. The van der Waals surface area contributed by atoms with Crippen molar-refractivity contribution < 1.29 is 43.0 Å². The topological polar surface area (TPSA) is 210 Å². The molecule has 0 saturated heterocycles. The van der Waals surface area contributed by atoms with Crippen molar-refractivity contribution in [3.63, 3.8) is 0 Å². The molecular formula is C64H80N6O9. The van der Waals surface area contributed by atoms with Crippen LogP contribution >= 0.6 is 0 Å². The van der Waals surface area contributed by atoms with Gasteiger partial charge in [0, 0.05) is 17.3 Å². The number of ether oxygens (including phenoxy) is 2. The molecule has 0 aliphatic heterocycles. The summed E-state index contributed by atoms with van der Waals surface area (Å²) in [6, 6.07) is 26.3. The Morgan fingerprint density at radius 3 is 1.63 bits per heavy atom. The van der Waals surface area contributed by atoms with Crippen molar-refractivity contribution in [1.29, 1.82) is 0 Å². The predicted molar refractivity (Wildman–Crippen MR) is 304 cm³/mol. The average molecular weight is 1080 g/mol. The van der Waals surface area contributed by atoms with E-state index in [1.165, 1.54) is 5.56 Å². The van der Waals surface area contributed by atoms with Gasteiger partial charge in [-0.15, -0.1) is 0 Å². The van der Waals surface area contributed by atoms with Gasteiger partial charge in [0.2, 0.25) is 29.5 Å². The zero-order valence-corrected chi connectivity index (χ0v) is 47.7. The molecule has 420 valence electrons. The second-order valence-corrected chi connectivity index (χ2v) is 25.4. The Labute approximate surface area is 465 Å². The fourth-order valence-corrected chi connectivity index (χ4v) is 14.6. The molecule has 6 N–H and O–H groups in total. The van der Waals surface area contributed by atoms with Gasteiger partial charge in [-0.2, -0.15) is 0 Å². The summed E-state index contributed by atoms with van der Waals surface area (Å²) >= 11 is 0. The Balaban J connectivity index is 0.820. The standard InChI is InChI=1S/C64H80N6O9/c1-37(2)53(69-59(77)79-60(4,5)6)55(73)66-38(3)54(72)68-42-26-22-40-24-28-51-62(8,49(40)34-42)30-16-32-64(51,10)57(75)70-56(74)63(9)31-15-29-61(7)48-33-41(25-21-39(48)23-27-50(61)63)67-52(71)35-65-58(76)78-36-47-45-19-13-11-17-43(45)44-18-12-14-20-46(44)47/h11-14,17-22,25-26,33-34,37-38,47,50-51,53H,15-16,23-24,27-32,35-36H2,1-10H3,(H,65,76)(H,66,73)(H,67,71)(H,68,72)(H,69,77)(H,70,74,75)/t38-,50+,51+,53-,61+,62+,63-,64-/m0/s1. The quantitative estimate of drug-likeness (QED) is 0.0703. The lowest BCUT2D eigenvalue weighted by atomic mass is 9.49. The van der Waals surface area contributed by atoms with E-state index in [2.05, 4.69) is 76.1 Å². The second-order valence-electron chi connectivity index (χ2n) is 25.4. The molecule has 15 nitrogen and oxygen atoms in total. The molecule has 0 unspecified atom stereocenters. The van der Waals surface area contributed by atoms with Gasteiger partial charge in [-0.1, -0.05) is 115 Å². The van der Waals surface area contributed by atoms with E-state index in [0.29, 0.717) is 24.2 Å². The number of carbonyl (C=O) groups is 7. The van der Waals surface area contributed by atoms with Gasteiger partial charge < -0.3 is 36.1 Å². The third-order valence-corrected chi connectivity index (χ3v) is 18.6. The Bertz CT molecular complexity index is 3030. The van der Waals surface area contributed by atoms with Crippen molar-refractivity contribution in [2.75, 3.05) is 23.8 Å². The number of benzene rings is 4. The van der Waals surface area contributed by atoms with Crippen LogP contribution in [0.25, 0.3) is 11.1 Å². The smallest absolute Gasteiger partial charge is 0.408 e. The minimum Gasteiger partial charge on any atom is -0.449 e. The van der Waals surface area contributed by atoms with Crippen molar-refractivity contribution in [2.45, 2.75) is 168 Å². The molecular weight excluding hydrogens is 997 g/mol. The van der Waals surface area contributed by atoms with Crippen LogP contribution in [0.3, 0.4) is 0 Å². The number of hydrogen-bond donors (Lipinski definition) is 6. The number of carbonyl (C=O) groups excluding carboxylic acids is 7. The summed E-state index contributed by atoms with van der Waals surface area (Å²) in [6.07, 6.45) is 6.17. The number of aryl methyl sites for hydroxylation is 2. The van der Waals surface area contributed by atoms with Crippen LogP contribution in [-0.2, 0) is 57.1 Å². The summed E-state index contributed by atoms with van der Waals surface area (Å²) in [5, 5.41) is 17.0. The van der Waals surface area contributed by atoms with Crippen LogP contribution in [0.4, 0.5) is 21.0 Å². The first kappa shape index (κ1) is 56.7. The molecule has 5 aliphatic carbocycles. The number of imide groups is 1. The van der Waals surface area contributed by atoms with Crippen LogP contribution < -0.4 is 31.9 Å². The van der Waals surface area contributed by atoms with Gasteiger partial charge in [-0.3, -0.25) is 29.3 Å². The molecule has 9 rings (SSSR count). The highest BCUT2D eigenvalue weighted by atomic mass is 16.6. The summed E-state index contributed by atoms with van der Waals surface area (Å²) in [6.45, 7) is 18.8. The Kier molecular flexibility index (Phi) is 15.7. The van der Waals surface area contributed by atoms with Crippen LogP contribution in [0, 0.1) is 28.6 Å². The zero-order chi connectivity index (χ0) is 56.8. The van der Waals surface area contributed by atoms with E-state index >= 15 is 0 Å². The van der Waals surface area contributed by atoms with Gasteiger partial charge in [0.1, 0.15) is 30.8 Å². The number of nitrogens with one attached hydrogen (secondary N) is 6. The second kappa shape index (κ2) is 21.9. The highest BCUT2D eigenvalue weighted by molar-refractivity contribution is 6.01. The molecule has 2 fully saturated rings. The van der Waals surface area contributed by atoms with Crippen molar-refractivity contribution in [3.8, 4) is 11.1 Å². The maximum absolute atomic E-state index is 14.9. The number of hydrogen-bond acceptors (Lipinski definition) is 9. The Hall–Kier alpha value is -7.03. The molecule has 0 radical (unpaired) electrons. The molecule has 15 heteroatoms. The van der Waals surface area contributed by atoms with Gasteiger partial charge in [-0.25, -0.2) is 9.59 Å². The molecule has 5 aliphatic rings. The number of amides is 7. The van der Waals surface area contributed by atoms with Crippen LogP contribution in [-0.4, -0.2) is 72.6 Å². The first-order valence-corrected chi connectivity index (χ1v) is 28.5.